The van der Waals surface area contributed by atoms with Crippen LogP contribution in [0.1, 0.15) is 52.9 Å². The zero-order valence-corrected chi connectivity index (χ0v) is 27.2. The quantitative estimate of drug-likeness (QED) is 0.217. The van der Waals surface area contributed by atoms with Gasteiger partial charge in [-0.1, -0.05) is 51.1 Å². The van der Waals surface area contributed by atoms with Crippen LogP contribution in [-0.4, -0.2) is 66.8 Å². The first-order valence-electron chi connectivity index (χ1n) is 15.8. The summed E-state index contributed by atoms with van der Waals surface area (Å²) in [7, 11) is 2.92. The molecule has 0 radical (unpaired) electrons. The van der Waals surface area contributed by atoms with Crippen LogP contribution in [0.2, 0.25) is 0 Å². The maximum atomic E-state index is 14.0. The van der Waals surface area contributed by atoms with Crippen molar-refractivity contribution in [2.45, 2.75) is 71.1 Å². The van der Waals surface area contributed by atoms with Crippen molar-refractivity contribution in [3.63, 3.8) is 0 Å². The van der Waals surface area contributed by atoms with Gasteiger partial charge in [0.25, 0.3) is 0 Å². The van der Waals surface area contributed by atoms with Crippen LogP contribution in [0.4, 0.5) is 4.79 Å². The van der Waals surface area contributed by atoms with Crippen molar-refractivity contribution in [2.75, 3.05) is 20.8 Å². The number of carbonyl (C=O) groups excluding carboxylic acids is 3. The Hall–Kier alpha value is -4.60. The Kier molecular flexibility index (Phi) is 10.1. The Balaban J connectivity index is 1.35. The van der Waals surface area contributed by atoms with Gasteiger partial charge in [0.2, 0.25) is 5.91 Å². The number of aromatic nitrogens is 1. The maximum Gasteiger partial charge on any atom is 0.408 e. The van der Waals surface area contributed by atoms with Crippen LogP contribution in [0.15, 0.2) is 66.9 Å². The first kappa shape index (κ1) is 32.8. The molecule has 5 rings (SSSR count). The molecule has 1 saturated heterocycles. The molecule has 3 atom stereocenters. The summed E-state index contributed by atoms with van der Waals surface area (Å²) >= 11 is 0. The number of pyridine rings is 1. The van der Waals surface area contributed by atoms with Crippen LogP contribution >= 0.6 is 0 Å². The molecule has 1 aromatic heterocycles. The lowest BCUT2D eigenvalue weighted by molar-refractivity contribution is -0.152. The van der Waals surface area contributed by atoms with E-state index in [-0.39, 0.29) is 24.5 Å². The molecule has 1 N–H and O–H groups in total. The largest absolute Gasteiger partial charge is 0.497 e. The van der Waals surface area contributed by atoms with Gasteiger partial charge in [-0.2, -0.15) is 0 Å². The minimum atomic E-state index is -0.899. The molecule has 1 saturated carbocycles. The molecule has 1 aliphatic heterocycles. The number of esters is 1. The first-order chi connectivity index (χ1) is 22.1. The van der Waals surface area contributed by atoms with Crippen molar-refractivity contribution in [2.24, 2.45) is 11.3 Å². The topological polar surface area (TPSA) is 116 Å². The highest BCUT2D eigenvalue weighted by Gasteiger charge is 2.45. The summed E-state index contributed by atoms with van der Waals surface area (Å²) in [6.07, 6.45) is 6.75. The first-order valence-corrected chi connectivity index (χ1v) is 15.8. The van der Waals surface area contributed by atoms with Crippen LogP contribution in [0.25, 0.3) is 22.2 Å². The second-order valence-electron chi connectivity index (χ2n) is 13.0. The molecule has 1 aliphatic carbocycles. The molecule has 1 unspecified atom stereocenters. The van der Waals surface area contributed by atoms with Crippen LogP contribution in [-0.2, 0) is 19.1 Å². The van der Waals surface area contributed by atoms with E-state index in [0.717, 1.165) is 47.8 Å². The van der Waals surface area contributed by atoms with E-state index in [0.29, 0.717) is 17.9 Å². The van der Waals surface area contributed by atoms with E-state index in [4.69, 9.17) is 23.9 Å². The monoisotopic (exact) mass is 629 g/mol. The molecule has 2 amide bonds. The SMILES string of the molecule is COC(=O)[C@@H]1CC(/C=C/Oc2cc(-c3ccccc3)nc3cc(OC)ccc23)CN1C(=O)[C@@H](NC(=O)OC1CCCC1)C(C)(C)C. The number of amides is 2. The maximum absolute atomic E-state index is 14.0. The number of ether oxygens (including phenoxy) is 4. The summed E-state index contributed by atoms with van der Waals surface area (Å²) in [4.78, 5) is 46.0. The summed E-state index contributed by atoms with van der Waals surface area (Å²) in [6, 6.07) is 15.6. The summed E-state index contributed by atoms with van der Waals surface area (Å²) in [5, 5.41) is 3.61. The minimum absolute atomic E-state index is 0.136. The lowest BCUT2D eigenvalue weighted by Gasteiger charge is -2.35. The summed E-state index contributed by atoms with van der Waals surface area (Å²) in [5.41, 5.74) is 1.78. The number of fused-ring (bicyclic) bond motifs is 1. The van der Waals surface area contributed by atoms with E-state index in [9.17, 15) is 14.4 Å². The van der Waals surface area contributed by atoms with Gasteiger partial charge < -0.3 is 29.2 Å². The highest BCUT2D eigenvalue weighted by molar-refractivity contribution is 5.91. The fourth-order valence-electron chi connectivity index (χ4n) is 6.12. The number of methoxy groups -OCH3 is 2. The molecule has 2 heterocycles. The molecule has 2 aliphatic rings. The van der Waals surface area contributed by atoms with Gasteiger partial charge in [0, 0.05) is 35.5 Å². The number of benzene rings is 2. The molecular weight excluding hydrogens is 586 g/mol. The Labute approximate surface area is 270 Å². The number of nitrogens with zero attached hydrogens (tertiary/aromatic N) is 2. The number of hydrogen-bond acceptors (Lipinski definition) is 8. The van der Waals surface area contributed by atoms with Gasteiger partial charge >= 0.3 is 12.1 Å². The smallest absolute Gasteiger partial charge is 0.408 e. The normalized spacial score (nSPS) is 19.3. The number of carbonyl (C=O) groups is 3. The fraction of sp³-hybridized carbons (Fsp3) is 0.444. The number of nitrogens with one attached hydrogen (secondary N) is 1. The van der Waals surface area contributed by atoms with Gasteiger partial charge in [-0.15, -0.1) is 0 Å². The molecule has 46 heavy (non-hydrogen) atoms. The molecule has 2 aromatic carbocycles. The van der Waals surface area contributed by atoms with Gasteiger partial charge in [-0.25, -0.2) is 14.6 Å². The fourth-order valence-corrected chi connectivity index (χ4v) is 6.12. The predicted octanol–water partition coefficient (Wildman–Crippen LogP) is 6.28. The van der Waals surface area contributed by atoms with Gasteiger partial charge in [-0.05, 0) is 55.7 Å². The third kappa shape index (κ3) is 7.61. The van der Waals surface area contributed by atoms with Crippen LogP contribution in [0, 0.1) is 11.3 Å². The Morgan fingerprint density at radius 1 is 1.02 bits per heavy atom. The van der Waals surface area contributed by atoms with E-state index in [1.807, 2.05) is 81.4 Å². The number of rotatable bonds is 9. The standard InChI is InChI=1S/C36H43N3O7/c1-36(2,3)32(38-35(42)46-25-13-9-10-14-25)33(40)39-22-23(19-30(39)34(41)44-5)17-18-45-31-21-28(24-11-7-6-8-12-24)37-29-20-26(43-4)15-16-27(29)31/h6-8,11-12,15-18,20-21,23,25,30,32H,9-10,13-14,19,22H2,1-5H3,(H,38,42)/b18-17+/t23?,30-,32+/m0/s1. The van der Waals surface area contributed by atoms with Gasteiger partial charge in [-0.3, -0.25) is 4.79 Å². The average molecular weight is 630 g/mol. The van der Waals surface area contributed by atoms with Gasteiger partial charge in [0.05, 0.1) is 31.7 Å². The van der Waals surface area contributed by atoms with E-state index < -0.39 is 29.6 Å². The van der Waals surface area contributed by atoms with Crippen molar-refractivity contribution in [3.05, 3.63) is 66.9 Å². The zero-order chi connectivity index (χ0) is 32.8. The van der Waals surface area contributed by atoms with Crippen molar-refractivity contribution >= 4 is 28.9 Å². The summed E-state index contributed by atoms with van der Waals surface area (Å²) in [5.74, 6) is 0.237. The van der Waals surface area contributed by atoms with Crippen LogP contribution in [0.3, 0.4) is 0 Å². The predicted molar refractivity (Wildman–Crippen MR) is 174 cm³/mol. The summed E-state index contributed by atoms with van der Waals surface area (Å²) < 4.78 is 22.3. The molecule has 0 spiro atoms. The highest BCUT2D eigenvalue weighted by Crippen LogP contribution is 2.34. The van der Waals surface area contributed by atoms with E-state index >= 15 is 0 Å². The van der Waals surface area contributed by atoms with Crippen LogP contribution in [0.5, 0.6) is 11.5 Å². The second kappa shape index (κ2) is 14.2. The molecule has 3 aromatic rings. The molecular formula is C36H43N3O7. The van der Waals surface area contributed by atoms with Crippen molar-refractivity contribution in [1.29, 1.82) is 0 Å². The molecule has 244 valence electrons. The Morgan fingerprint density at radius 2 is 1.76 bits per heavy atom. The zero-order valence-electron chi connectivity index (χ0n) is 27.2. The molecule has 0 bridgehead atoms. The Bertz CT molecular complexity index is 1580. The van der Waals surface area contributed by atoms with E-state index in [2.05, 4.69) is 5.32 Å². The van der Waals surface area contributed by atoms with Crippen molar-refractivity contribution < 1.29 is 33.3 Å². The van der Waals surface area contributed by atoms with Crippen molar-refractivity contribution in [3.8, 4) is 22.8 Å². The van der Waals surface area contributed by atoms with Gasteiger partial charge in [0.15, 0.2) is 0 Å². The van der Waals surface area contributed by atoms with Crippen LogP contribution < -0.4 is 14.8 Å². The Morgan fingerprint density at radius 3 is 2.43 bits per heavy atom. The minimum Gasteiger partial charge on any atom is -0.497 e. The second-order valence-corrected chi connectivity index (χ2v) is 13.0. The van der Waals surface area contributed by atoms with Crippen molar-refractivity contribution in [1.82, 2.24) is 15.2 Å². The highest BCUT2D eigenvalue weighted by atomic mass is 16.6. The summed E-state index contributed by atoms with van der Waals surface area (Å²) in [6.45, 7) is 5.88. The number of alkyl carbamates (subject to hydrolysis) is 1. The molecule has 10 heteroatoms. The number of hydrogen-bond donors (Lipinski definition) is 1. The third-order valence-corrected chi connectivity index (χ3v) is 8.64. The molecule has 2 fully saturated rings. The average Bonchev–Trinajstić information content (AvgIpc) is 3.72. The lowest BCUT2D eigenvalue weighted by Crippen LogP contribution is -2.57. The number of likely N-dealkylation sites (tertiary alicyclic amines) is 1. The van der Waals surface area contributed by atoms with E-state index in [1.165, 1.54) is 12.0 Å². The lowest BCUT2D eigenvalue weighted by atomic mass is 9.85. The van der Waals surface area contributed by atoms with E-state index in [1.54, 1.807) is 13.4 Å². The third-order valence-electron chi connectivity index (χ3n) is 8.64. The van der Waals surface area contributed by atoms with Gasteiger partial charge in [0.1, 0.15) is 29.7 Å². The molecule has 10 nitrogen and oxygen atoms in total.